The summed E-state index contributed by atoms with van der Waals surface area (Å²) in [5, 5.41) is 3.21. The van der Waals surface area contributed by atoms with E-state index in [1.54, 1.807) is 0 Å². The lowest BCUT2D eigenvalue weighted by molar-refractivity contribution is -0.129. The van der Waals surface area contributed by atoms with Gasteiger partial charge in [-0.25, -0.2) is 0 Å². The van der Waals surface area contributed by atoms with Gasteiger partial charge in [0.2, 0.25) is 5.91 Å². The summed E-state index contributed by atoms with van der Waals surface area (Å²) < 4.78 is 0. The second kappa shape index (κ2) is 7.13. The largest absolute Gasteiger partial charge is 0.353 e. The fraction of sp³-hybridized carbons (Fsp3) is 0.933. The summed E-state index contributed by atoms with van der Waals surface area (Å²) in [5.41, 5.74) is 6.11. The zero-order chi connectivity index (χ0) is 13.7. The van der Waals surface area contributed by atoms with Gasteiger partial charge < -0.3 is 11.1 Å². The van der Waals surface area contributed by atoms with Crippen molar-refractivity contribution >= 4 is 5.91 Å². The maximum Gasteiger partial charge on any atom is 0.223 e. The third-order valence-corrected chi connectivity index (χ3v) is 4.50. The van der Waals surface area contributed by atoms with Crippen LogP contribution in [0.4, 0.5) is 0 Å². The van der Waals surface area contributed by atoms with Gasteiger partial charge in [0.15, 0.2) is 0 Å². The predicted octanol–water partition coefficient (Wildman–Crippen LogP) is 2.69. The van der Waals surface area contributed by atoms with E-state index in [1.807, 2.05) is 0 Å². The van der Waals surface area contributed by atoms with E-state index in [0.717, 1.165) is 32.1 Å². The molecule has 18 heavy (non-hydrogen) atoms. The second-order valence-electron chi connectivity index (χ2n) is 6.10. The highest BCUT2D eigenvalue weighted by molar-refractivity contribution is 5.79. The lowest BCUT2D eigenvalue weighted by atomic mass is 9.72. The van der Waals surface area contributed by atoms with Crippen molar-refractivity contribution in [2.24, 2.45) is 23.5 Å². The molecule has 0 aromatic rings. The summed E-state index contributed by atoms with van der Waals surface area (Å²) in [4.78, 5) is 12.3. The molecule has 0 heterocycles. The SMILES string of the molecule is CCCC(CC)NC(=O)C1CC(N)C(C)CC1C. The Labute approximate surface area is 112 Å². The van der Waals surface area contributed by atoms with Crippen molar-refractivity contribution in [2.75, 3.05) is 0 Å². The molecule has 0 spiro atoms. The smallest absolute Gasteiger partial charge is 0.223 e. The zero-order valence-corrected chi connectivity index (χ0v) is 12.4. The summed E-state index contributed by atoms with van der Waals surface area (Å²) in [5.74, 6) is 1.34. The van der Waals surface area contributed by atoms with E-state index >= 15 is 0 Å². The standard InChI is InChI=1S/C15H30N2O/c1-5-7-12(6-2)17-15(18)13-9-14(16)11(4)8-10(13)3/h10-14H,5-9,16H2,1-4H3,(H,17,18). The summed E-state index contributed by atoms with van der Waals surface area (Å²) in [7, 11) is 0. The second-order valence-corrected chi connectivity index (χ2v) is 6.10. The van der Waals surface area contributed by atoms with E-state index in [-0.39, 0.29) is 17.9 Å². The average Bonchev–Trinajstić information content (AvgIpc) is 2.33. The monoisotopic (exact) mass is 254 g/mol. The Balaban J connectivity index is 2.54. The van der Waals surface area contributed by atoms with Gasteiger partial charge in [0.1, 0.15) is 0 Å². The summed E-state index contributed by atoms with van der Waals surface area (Å²) in [6.45, 7) is 8.68. The Hall–Kier alpha value is -0.570. The first kappa shape index (κ1) is 15.5. The fourth-order valence-corrected chi connectivity index (χ4v) is 3.08. The van der Waals surface area contributed by atoms with Crippen LogP contribution >= 0.6 is 0 Å². The molecule has 1 rings (SSSR count). The van der Waals surface area contributed by atoms with E-state index in [0.29, 0.717) is 17.9 Å². The average molecular weight is 254 g/mol. The normalized spacial score (nSPS) is 34.1. The van der Waals surface area contributed by atoms with E-state index in [4.69, 9.17) is 5.73 Å². The number of nitrogens with two attached hydrogens (primary N) is 1. The quantitative estimate of drug-likeness (QED) is 0.792. The van der Waals surface area contributed by atoms with Gasteiger partial charge in [-0.2, -0.15) is 0 Å². The first-order valence-electron chi connectivity index (χ1n) is 7.55. The molecule has 0 aliphatic heterocycles. The number of rotatable bonds is 5. The lowest BCUT2D eigenvalue weighted by Gasteiger charge is -2.36. The number of nitrogens with one attached hydrogen (secondary N) is 1. The van der Waals surface area contributed by atoms with Gasteiger partial charge in [0.25, 0.3) is 0 Å². The van der Waals surface area contributed by atoms with Crippen LogP contribution in [-0.2, 0) is 4.79 Å². The van der Waals surface area contributed by atoms with Crippen molar-refractivity contribution < 1.29 is 4.79 Å². The Bertz CT molecular complexity index is 267. The minimum atomic E-state index is 0.113. The molecule has 5 unspecified atom stereocenters. The van der Waals surface area contributed by atoms with Crippen LogP contribution in [0.25, 0.3) is 0 Å². The van der Waals surface area contributed by atoms with E-state index in [9.17, 15) is 4.79 Å². The molecule has 1 aliphatic rings. The first-order chi connectivity index (χ1) is 8.49. The molecule has 1 aliphatic carbocycles. The van der Waals surface area contributed by atoms with E-state index < -0.39 is 0 Å². The third-order valence-electron chi connectivity index (χ3n) is 4.50. The first-order valence-corrected chi connectivity index (χ1v) is 7.55. The Morgan fingerprint density at radius 1 is 1.28 bits per heavy atom. The van der Waals surface area contributed by atoms with Crippen molar-refractivity contribution in [3.63, 3.8) is 0 Å². The van der Waals surface area contributed by atoms with E-state index in [2.05, 4.69) is 33.0 Å². The maximum absolute atomic E-state index is 12.3. The Morgan fingerprint density at radius 2 is 1.94 bits per heavy atom. The van der Waals surface area contributed by atoms with Crippen LogP contribution in [0, 0.1) is 17.8 Å². The van der Waals surface area contributed by atoms with E-state index in [1.165, 1.54) is 0 Å². The van der Waals surface area contributed by atoms with Crippen LogP contribution in [0.1, 0.15) is 59.8 Å². The van der Waals surface area contributed by atoms with Gasteiger partial charge in [-0.3, -0.25) is 4.79 Å². The number of carbonyl (C=O) groups excluding carboxylic acids is 1. The Kier molecular flexibility index (Phi) is 6.13. The fourth-order valence-electron chi connectivity index (χ4n) is 3.08. The van der Waals surface area contributed by atoms with Crippen LogP contribution in [0.15, 0.2) is 0 Å². The highest BCUT2D eigenvalue weighted by Gasteiger charge is 2.35. The molecule has 5 atom stereocenters. The molecular weight excluding hydrogens is 224 g/mol. The topological polar surface area (TPSA) is 55.1 Å². The van der Waals surface area contributed by atoms with Crippen molar-refractivity contribution in [3.05, 3.63) is 0 Å². The van der Waals surface area contributed by atoms with Gasteiger partial charge in [-0.1, -0.05) is 34.1 Å². The third kappa shape index (κ3) is 3.98. The molecule has 1 fully saturated rings. The molecule has 1 amide bonds. The van der Waals surface area contributed by atoms with Crippen molar-refractivity contribution in [1.29, 1.82) is 0 Å². The summed E-state index contributed by atoms with van der Waals surface area (Å²) >= 11 is 0. The molecule has 0 saturated heterocycles. The predicted molar refractivity (Wildman–Crippen MR) is 76.2 cm³/mol. The lowest BCUT2D eigenvalue weighted by Crippen LogP contribution is -2.47. The summed E-state index contributed by atoms with van der Waals surface area (Å²) in [6.07, 6.45) is 5.13. The highest BCUT2D eigenvalue weighted by atomic mass is 16.2. The van der Waals surface area contributed by atoms with Gasteiger partial charge in [-0.05, 0) is 37.5 Å². The van der Waals surface area contributed by atoms with Gasteiger partial charge in [0.05, 0.1) is 0 Å². The number of carbonyl (C=O) groups is 1. The minimum absolute atomic E-state index is 0.113. The van der Waals surface area contributed by atoms with Gasteiger partial charge in [0, 0.05) is 18.0 Å². The molecule has 3 nitrogen and oxygen atoms in total. The Morgan fingerprint density at radius 3 is 2.50 bits per heavy atom. The van der Waals surface area contributed by atoms with Crippen molar-refractivity contribution in [1.82, 2.24) is 5.32 Å². The van der Waals surface area contributed by atoms with Crippen molar-refractivity contribution in [3.8, 4) is 0 Å². The van der Waals surface area contributed by atoms with Crippen LogP contribution in [0.3, 0.4) is 0 Å². The molecule has 106 valence electrons. The van der Waals surface area contributed by atoms with Crippen LogP contribution in [0.5, 0.6) is 0 Å². The molecule has 0 bridgehead atoms. The highest BCUT2D eigenvalue weighted by Crippen LogP contribution is 2.33. The van der Waals surface area contributed by atoms with Gasteiger partial charge >= 0.3 is 0 Å². The molecular formula is C15H30N2O. The summed E-state index contributed by atoms with van der Waals surface area (Å²) in [6, 6.07) is 0.522. The molecule has 0 aromatic heterocycles. The molecule has 0 radical (unpaired) electrons. The molecule has 0 aromatic carbocycles. The molecule has 3 N–H and O–H groups in total. The zero-order valence-electron chi connectivity index (χ0n) is 12.4. The van der Waals surface area contributed by atoms with Crippen LogP contribution in [-0.4, -0.2) is 18.0 Å². The molecule has 1 saturated carbocycles. The van der Waals surface area contributed by atoms with Crippen LogP contribution in [0.2, 0.25) is 0 Å². The number of hydrogen-bond donors (Lipinski definition) is 2. The van der Waals surface area contributed by atoms with Gasteiger partial charge in [-0.15, -0.1) is 0 Å². The number of hydrogen-bond acceptors (Lipinski definition) is 2. The van der Waals surface area contributed by atoms with Crippen LogP contribution < -0.4 is 11.1 Å². The number of amides is 1. The minimum Gasteiger partial charge on any atom is -0.353 e. The maximum atomic E-state index is 12.3. The molecule has 3 heteroatoms. The van der Waals surface area contributed by atoms with Crippen molar-refractivity contribution in [2.45, 2.75) is 71.9 Å².